The molecular formula is C22H27FN6O5S. The van der Waals surface area contributed by atoms with Gasteiger partial charge in [-0.1, -0.05) is 0 Å². The first-order chi connectivity index (χ1) is 16.7. The van der Waals surface area contributed by atoms with Crippen LogP contribution in [0.1, 0.15) is 5.76 Å². The molecule has 0 aliphatic carbocycles. The highest BCUT2D eigenvalue weighted by atomic mass is 32.1. The van der Waals surface area contributed by atoms with Gasteiger partial charge in [-0.05, 0) is 36.5 Å². The van der Waals surface area contributed by atoms with Crippen molar-refractivity contribution in [3.63, 3.8) is 0 Å². The van der Waals surface area contributed by atoms with Crippen LogP contribution < -0.4 is 15.1 Å². The van der Waals surface area contributed by atoms with Crippen molar-refractivity contribution in [1.29, 1.82) is 0 Å². The minimum Gasteiger partial charge on any atom is -0.442 e. The Balaban J connectivity index is 1.32. The molecule has 0 spiro atoms. The molecule has 1 amide bonds. The Kier molecular flexibility index (Phi) is 7.36. The molecule has 1 aromatic carbocycles. The van der Waals surface area contributed by atoms with Gasteiger partial charge in [0.15, 0.2) is 5.11 Å². The maximum atomic E-state index is 15.0. The average Bonchev–Trinajstić information content (AvgIpc) is 3.44. The van der Waals surface area contributed by atoms with Gasteiger partial charge < -0.3 is 24.3 Å². The molecule has 11 nitrogen and oxygen atoms in total. The number of nitro groups is 1. The second kappa shape index (κ2) is 10.4. The molecule has 2 fully saturated rings. The van der Waals surface area contributed by atoms with Crippen LogP contribution in [0.2, 0.25) is 0 Å². The summed E-state index contributed by atoms with van der Waals surface area (Å²) in [5, 5.41) is 14.4. The zero-order valence-electron chi connectivity index (χ0n) is 19.5. The van der Waals surface area contributed by atoms with Crippen LogP contribution in [-0.2, 0) is 11.3 Å². The predicted octanol–water partition coefficient (Wildman–Crippen LogP) is 2.41. The topological polar surface area (TPSA) is 108 Å². The van der Waals surface area contributed by atoms with Gasteiger partial charge in [-0.2, -0.15) is 0 Å². The number of hydrogen-bond acceptors (Lipinski definition) is 8. The molecule has 0 unspecified atom stereocenters. The standard InChI is InChI=1S/C22H27FN6O5S/c1-25(2)21(35)24-12-17-14-28(22(30)34-17)15-3-5-19(18(23)11-15)27-9-7-26(8-10-27)13-16-4-6-20(33-16)29(31)32/h3-6,11,17H,7-10,12-14H2,1-2H3,(H,24,35)/t17-/m0/s1. The van der Waals surface area contributed by atoms with Gasteiger partial charge in [0.1, 0.15) is 22.6 Å². The van der Waals surface area contributed by atoms with Crippen LogP contribution in [-0.4, -0.2) is 85.4 Å². The van der Waals surface area contributed by atoms with E-state index in [1.54, 1.807) is 23.1 Å². The number of carbonyl (C=O) groups excluding carboxylic acids is 1. The van der Waals surface area contributed by atoms with Crippen molar-refractivity contribution in [3.05, 3.63) is 52.0 Å². The quantitative estimate of drug-likeness (QED) is 0.342. The monoisotopic (exact) mass is 506 g/mol. The van der Waals surface area contributed by atoms with E-state index in [0.29, 0.717) is 68.1 Å². The van der Waals surface area contributed by atoms with E-state index < -0.39 is 22.9 Å². The zero-order valence-corrected chi connectivity index (χ0v) is 20.3. The van der Waals surface area contributed by atoms with E-state index in [0.717, 1.165) is 0 Å². The summed E-state index contributed by atoms with van der Waals surface area (Å²) in [5.74, 6) is -0.168. The summed E-state index contributed by atoms with van der Waals surface area (Å²) >= 11 is 5.18. The number of piperazine rings is 1. The first-order valence-electron chi connectivity index (χ1n) is 11.1. The van der Waals surface area contributed by atoms with Crippen molar-refractivity contribution in [2.45, 2.75) is 12.6 Å². The number of anilines is 2. The van der Waals surface area contributed by atoms with Crippen molar-refractivity contribution < 1.29 is 23.3 Å². The summed E-state index contributed by atoms with van der Waals surface area (Å²) in [6, 6.07) is 7.69. The van der Waals surface area contributed by atoms with E-state index in [2.05, 4.69) is 10.2 Å². The SMILES string of the molecule is CN(C)C(=S)NC[C@H]1CN(c2ccc(N3CCN(Cc4ccc([N+](=O)[O-])o4)CC3)c(F)c2)C(=O)O1. The zero-order chi connectivity index (χ0) is 25.1. The van der Waals surface area contributed by atoms with Gasteiger partial charge in [0, 0.05) is 40.3 Å². The number of thiocarbonyl (C=S) groups is 1. The Morgan fingerprint density at radius 2 is 2.00 bits per heavy atom. The third kappa shape index (κ3) is 5.80. The second-order valence-corrected chi connectivity index (χ2v) is 8.98. The van der Waals surface area contributed by atoms with Crippen LogP contribution in [0.4, 0.5) is 26.4 Å². The molecule has 2 aliphatic rings. The van der Waals surface area contributed by atoms with E-state index in [1.165, 1.54) is 17.0 Å². The van der Waals surface area contributed by atoms with E-state index in [9.17, 15) is 14.9 Å². The van der Waals surface area contributed by atoms with Crippen LogP contribution in [0.15, 0.2) is 34.7 Å². The number of rotatable bonds is 7. The van der Waals surface area contributed by atoms with Crippen LogP contribution in [0, 0.1) is 15.9 Å². The van der Waals surface area contributed by atoms with Gasteiger partial charge >= 0.3 is 12.0 Å². The Hall–Kier alpha value is -3.45. The molecule has 3 heterocycles. The molecule has 0 radical (unpaired) electrons. The first kappa shape index (κ1) is 24.7. The minimum atomic E-state index is -0.562. The van der Waals surface area contributed by atoms with E-state index in [-0.39, 0.29) is 5.88 Å². The lowest BCUT2D eigenvalue weighted by Gasteiger charge is -2.36. The number of halogens is 1. The summed E-state index contributed by atoms with van der Waals surface area (Å²) in [7, 11) is 3.64. The molecule has 2 aliphatic heterocycles. The third-order valence-corrected chi connectivity index (χ3v) is 6.43. The number of carbonyl (C=O) groups is 1. The number of furan rings is 1. The lowest BCUT2D eigenvalue weighted by atomic mass is 10.2. The minimum absolute atomic E-state index is 0.276. The van der Waals surface area contributed by atoms with Gasteiger partial charge in [-0.15, -0.1) is 0 Å². The lowest BCUT2D eigenvalue weighted by molar-refractivity contribution is -0.402. The molecule has 2 saturated heterocycles. The van der Waals surface area contributed by atoms with Crippen molar-refractivity contribution >= 4 is 40.7 Å². The number of hydrogen-bond donors (Lipinski definition) is 1. The second-order valence-electron chi connectivity index (χ2n) is 8.59. The fourth-order valence-electron chi connectivity index (χ4n) is 4.04. The summed E-state index contributed by atoms with van der Waals surface area (Å²) in [4.78, 5) is 29.8. The Morgan fingerprint density at radius 1 is 1.26 bits per heavy atom. The number of benzene rings is 1. The molecule has 1 atom stereocenters. The van der Waals surface area contributed by atoms with Crippen LogP contribution in [0.3, 0.4) is 0 Å². The fraction of sp³-hybridized carbons (Fsp3) is 0.455. The molecular weight excluding hydrogens is 479 g/mol. The maximum absolute atomic E-state index is 15.0. The van der Waals surface area contributed by atoms with Gasteiger partial charge in [-0.25, -0.2) is 9.18 Å². The summed E-state index contributed by atoms with van der Waals surface area (Å²) in [6.45, 7) is 3.60. The fourth-order valence-corrected chi connectivity index (χ4v) is 4.12. The summed E-state index contributed by atoms with van der Waals surface area (Å²) in [6.07, 6.45) is -0.918. The molecule has 1 aromatic heterocycles. The highest BCUT2D eigenvalue weighted by Gasteiger charge is 2.33. The summed E-state index contributed by atoms with van der Waals surface area (Å²) in [5.41, 5.74) is 0.899. The van der Waals surface area contributed by atoms with Crippen molar-refractivity contribution in [2.75, 3.05) is 63.2 Å². The van der Waals surface area contributed by atoms with Gasteiger partial charge in [-0.3, -0.25) is 19.9 Å². The molecule has 4 rings (SSSR count). The van der Waals surface area contributed by atoms with E-state index in [4.69, 9.17) is 21.4 Å². The summed E-state index contributed by atoms with van der Waals surface area (Å²) < 4.78 is 25.6. The highest BCUT2D eigenvalue weighted by Crippen LogP contribution is 2.29. The Morgan fingerprint density at radius 3 is 2.63 bits per heavy atom. The Bertz CT molecular complexity index is 1100. The van der Waals surface area contributed by atoms with Crippen molar-refractivity contribution in [1.82, 2.24) is 15.1 Å². The molecule has 0 saturated carbocycles. The normalized spacial score (nSPS) is 18.5. The largest absolute Gasteiger partial charge is 0.442 e. The van der Waals surface area contributed by atoms with Gasteiger partial charge in [0.05, 0.1) is 37.1 Å². The number of amides is 1. The van der Waals surface area contributed by atoms with Crippen molar-refractivity contribution in [3.8, 4) is 0 Å². The highest BCUT2D eigenvalue weighted by molar-refractivity contribution is 7.80. The molecule has 2 aromatic rings. The van der Waals surface area contributed by atoms with Crippen molar-refractivity contribution in [2.24, 2.45) is 0 Å². The molecule has 0 bridgehead atoms. The molecule has 1 N–H and O–H groups in total. The molecule has 188 valence electrons. The average molecular weight is 507 g/mol. The van der Waals surface area contributed by atoms with E-state index in [1.807, 2.05) is 19.0 Å². The van der Waals surface area contributed by atoms with Crippen LogP contribution in [0.5, 0.6) is 0 Å². The predicted molar refractivity (Wildman–Crippen MR) is 131 cm³/mol. The molecule has 35 heavy (non-hydrogen) atoms. The molecule has 13 heteroatoms. The third-order valence-electron chi connectivity index (χ3n) is 5.92. The Labute approximate surface area is 207 Å². The van der Waals surface area contributed by atoms with Gasteiger partial charge in [0.25, 0.3) is 0 Å². The van der Waals surface area contributed by atoms with Crippen LogP contribution >= 0.6 is 12.2 Å². The number of nitrogens with one attached hydrogen (secondary N) is 1. The van der Waals surface area contributed by atoms with E-state index >= 15 is 4.39 Å². The number of ether oxygens (including phenoxy) is 1. The maximum Gasteiger partial charge on any atom is 0.433 e. The number of nitrogens with zero attached hydrogens (tertiary/aromatic N) is 5. The lowest BCUT2D eigenvalue weighted by Crippen LogP contribution is -2.46. The first-order valence-corrected chi connectivity index (χ1v) is 11.6. The van der Waals surface area contributed by atoms with Gasteiger partial charge in [0.2, 0.25) is 0 Å². The number of cyclic esters (lactones) is 1. The smallest absolute Gasteiger partial charge is 0.433 e. The van der Waals surface area contributed by atoms with Crippen LogP contribution in [0.25, 0.3) is 0 Å².